The summed E-state index contributed by atoms with van der Waals surface area (Å²) < 4.78 is 5.01. The van der Waals surface area contributed by atoms with Crippen LogP contribution in [0.5, 0.6) is 0 Å². The number of unbranched alkanes of at least 4 members (excludes halogenated alkanes) is 1. The average molecular weight is 396 g/mol. The molecular formula is C22H28N4O3. The summed E-state index contributed by atoms with van der Waals surface area (Å²) in [5.74, 6) is 4.69. The lowest BCUT2D eigenvalue weighted by molar-refractivity contribution is -0.143. The Labute approximate surface area is 171 Å². The maximum atomic E-state index is 12.4. The normalized spacial score (nSPS) is 11.9. The molecule has 1 aromatic heterocycles. The molecule has 0 spiro atoms. The number of nitrogens with zero attached hydrogens (tertiary/aromatic N) is 2. The van der Waals surface area contributed by atoms with Crippen molar-refractivity contribution in [2.24, 2.45) is 10.9 Å². The average Bonchev–Trinajstić information content (AvgIpc) is 2.73. The Kier molecular flexibility index (Phi) is 9.35. The predicted molar refractivity (Wildman–Crippen MR) is 112 cm³/mol. The molecular weight excluding hydrogens is 368 g/mol. The molecule has 1 unspecified atom stereocenters. The van der Waals surface area contributed by atoms with E-state index in [4.69, 9.17) is 10.6 Å². The van der Waals surface area contributed by atoms with Gasteiger partial charge < -0.3 is 15.9 Å². The maximum Gasteiger partial charge on any atom is 0.308 e. The first-order valence-electron chi connectivity index (χ1n) is 9.80. The molecule has 0 saturated heterocycles. The topological polar surface area (TPSA) is 107 Å². The van der Waals surface area contributed by atoms with Gasteiger partial charge in [0.2, 0.25) is 5.91 Å². The summed E-state index contributed by atoms with van der Waals surface area (Å²) in [4.78, 5) is 28.5. The van der Waals surface area contributed by atoms with Gasteiger partial charge in [-0.2, -0.15) is 5.10 Å². The van der Waals surface area contributed by atoms with Crippen LogP contribution >= 0.6 is 0 Å². The molecule has 0 aliphatic heterocycles. The highest BCUT2D eigenvalue weighted by Crippen LogP contribution is 2.16. The minimum atomic E-state index is -0.487. The molecule has 154 valence electrons. The number of hydrogen-bond acceptors (Lipinski definition) is 6. The SMILES string of the molecule is CCOC(=O)CC(NC(=O)CCCCc1ccc(C=NN)cc1)c1ccccn1. The summed E-state index contributed by atoms with van der Waals surface area (Å²) >= 11 is 0. The third kappa shape index (κ3) is 8.13. The largest absolute Gasteiger partial charge is 0.466 e. The lowest BCUT2D eigenvalue weighted by Gasteiger charge is -2.17. The van der Waals surface area contributed by atoms with Gasteiger partial charge in [-0.15, -0.1) is 0 Å². The summed E-state index contributed by atoms with van der Waals surface area (Å²) in [7, 11) is 0. The van der Waals surface area contributed by atoms with Gasteiger partial charge in [0.15, 0.2) is 0 Å². The van der Waals surface area contributed by atoms with Gasteiger partial charge in [0, 0.05) is 12.6 Å². The Bertz CT molecular complexity index is 791. The van der Waals surface area contributed by atoms with Crippen LogP contribution in [0.4, 0.5) is 0 Å². The van der Waals surface area contributed by atoms with Gasteiger partial charge in [-0.05, 0) is 49.4 Å². The van der Waals surface area contributed by atoms with Gasteiger partial charge in [0.1, 0.15) is 0 Å². The molecule has 0 fully saturated rings. The number of pyridine rings is 1. The lowest BCUT2D eigenvalue weighted by atomic mass is 10.0. The molecule has 0 aliphatic rings. The summed E-state index contributed by atoms with van der Waals surface area (Å²) in [6, 6.07) is 12.9. The van der Waals surface area contributed by atoms with Crippen LogP contribution in [0.3, 0.4) is 0 Å². The molecule has 1 aromatic carbocycles. The second kappa shape index (κ2) is 12.3. The number of nitrogens with one attached hydrogen (secondary N) is 1. The van der Waals surface area contributed by atoms with Crippen molar-refractivity contribution in [3.63, 3.8) is 0 Å². The number of aromatic nitrogens is 1. The molecule has 1 atom stereocenters. The first kappa shape index (κ1) is 22.1. The van der Waals surface area contributed by atoms with Crippen LogP contribution in [-0.2, 0) is 20.7 Å². The molecule has 0 bridgehead atoms. The number of esters is 1. The van der Waals surface area contributed by atoms with E-state index in [9.17, 15) is 9.59 Å². The van der Waals surface area contributed by atoms with E-state index in [0.717, 1.165) is 24.8 Å². The number of rotatable bonds is 11. The van der Waals surface area contributed by atoms with Crippen LogP contribution in [0, 0.1) is 0 Å². The van der Waals surface area contributed by atoms with Crippen molar-refractivity contribution < 1.29 is 14.3 Å². The van der Waals surface area contributed by atoms with Crippen LogP contribution in [0.2, 0.25) is 0 Å². The first-order valence-corrected chi connectivity index (χ1v) is 9.80. The Morgan fingerprint density at radius 2 is 2.00 bits per heavy atom. The van der Waals surface area contributed by atoms with Gasteiger partial charge in [0.25, 0.3) is 0 Å². The van der Waals surface area contributed by atoms with Gasteiger partial charge >= 0.3 is 5.97 Å². The minimum Gasteiger partial charge on any atom is -0.466 e. The van der Waals surface area contributed by atoms with Crippen molar-refractivity contribution in [3.8, 4) is 0 Å². The van der Waals surface area contributed by atoms with E-state index in [2.05, 4.69) is 15.4 Å². The standard InChI is InChI=1S/C22H28N4O3/c1-2-29-22(28)15-20(19-8-5-6-14-24-19)26-21(27)9-4-3-7-17-10-12-18(13-11-17)16-25-23/h5-6,8,10-14,16,20H,2-4,7,9,15,23H2,1H3,(H,26,27). The fourth-order valence-electron chi connectivity index (χ4n) is 2.94. The predicted octanol–water partition coefficient (Wildman–Crippen LogP) is 2.90. The first-order chi connectivity index (χ1) is 14.1. The Balaban J connectivity index is 1.80. The van der Waals surface area contributed by atoms with Crippen molar-refractivity contribution in [1.82, 2.24) is 10.3 Å². The number of nitrogens with two attached hydrogens (primary N) is 1. The molecule has 2 aromatic rings. The van der Waals surface area contributed by atoms with E-state index in [1.807, 2.05) is 30.3 Å². The Morgan fingerprint density at radius 1 is 1.21 bits per heavy atom. The minimum absolute atomic E-state index is 0.0645. The molecule has 0 aliphatic carbocycles. The fraction of sp³-hybridized carbons (Fsp3) is 0.364. The van der Waals surface area contributed by atoms with E-state index in [-0.39, 0.29) is 18.3 Å². The molecule has 0 saturated carbocycles. The molecule has 7 nitrogen and oxygen atoms in total. The number of hydrogen-bond donors (Lipinski definition) is 2. The van der Waals surface area contributed by atoms with Crippen molar-refractivity contribution in [3.05, 3.63) is 65.5 Å². The molecule has 2 rings (SSSR count). The van der Waals surface area contributed by atoms with E-state index in [1.165, 1.54) is 5.56 Å². The third-order valence-corrected chi connectivity index (χ3v) is 4.38. The second-order valence-corrected chi connectivity index (χ2v) is 6.61. The Hall–Kier alpha value is -3.22. The van der Waals surface area contributed by atoms with Gasteiger partial charge in [-0.1, -0.05) is 30.3 Å². The summed E-state index contributed by atoms with van der Waals surface area (Å²) in [6.07, 6.45) is 6.24. The highest BCUT2D eigenvalue weighted by molar-refractivity contribution is 5.79. The van der Waals surface area contributed by atoms with Crippen LogP contribution in [0.15, 0.2) is 53.8 Å². The number of aryl methyl sites for hydroxylation is 1. The van der Waals surface area contributed by atoms with Crippen LogP contribution in [-0.4, -0.2) is 29.7 Å². The highest BCUT2D eigenvalue weighted by Gasteiger charge is 2.20. The van der Waals surface area contributed by atoms with Crippen molar-refractivity contribution in [1.29, 1.82) is 0 Å². The number of amides is 1. The smallest absolute Gasteiger partial charge is 0.308 e. The Morgan fingerprint density at radius 3 is 2.66 bits per heavy atom. The van der Waals surface area contributed by atoms with Crippen LogP contribution in [0.1, 0.15) is 55.5 Å². The van der Waals surface area contributed by atoms with E-state index >= 15 is 0 Å². The zero-order valence-electron chi connectivity index (χ0n) is 16.7. The summed E-state index contributed by atoms with van der Waals surface area (Å²) in [5.41, 5.74) is 2.81. The zero-order valence-corrected chi connectivity index (χ0v) is 16.7. The lowest BCUT2D eigenvalue weighted by Crippen LogP contribution is -2.31. The van der Waals surface area contributed by atoms with Crippen molar-refractivity contribution >= 4 is 18.1 Å². The van der Waals surface area contributed by atoms with Gasteiger partial charge in [0.05, 0.1) is 31.0 Å². The summed E-state index contributed by atoms with van der Waals surface area (Å²) in [5, 5.41) is 6.42. The van der Waals surface area contributed by atoms with E-state index in [0.29, 0.717) is 18.7 Å². The van der Waals surface area contributed by atoms with Crippen molar-refractivity contribution in [2.75, 3.05) is 6.61 Å². The quantitative estimate of drug-likeness (QED) is 0.200. The second-order valence-electron chi connectivity index (χ2n) is 6.61. The number of carbonyl (C=O) groups is 2. The van der Waals surface area contributed by atoms with E-state index in [1.54, 1.807) is 31.5 Å². The zero-order chi connectivity index (χ0) is 20.9. The number of benzene rings is 1. The summed E-state index contributed by atoms with van der Waals surface area (Å²) in [6.45, 7) is 2.06. The number of hydrazone groups is 1. The monoisotopic (exact) mass is 396 g/mol. The van der Waals surface area contributed by atoms with Gasteiger partial charge in [-0.25, -0.2) is 0 Å². The highest BCUT2D eigenvalue weighted by atomic mass is 16.5. The maximum absolute atomic E-state index is 12.4. The molecule has 1 amide bonds. The fourth-order valence-corrected chi connectivity index (χ4v) is 2.94. The third-order valence-electron chi connectivity index (χ3n) is 4.38. The van der Waals surface area contributed by atoms with Crippen LogP contribution < -0.4 is 11.2 Å². The van der Waals surface area contributed by atoms with E-state index < -0.39 is 6.04 Å². The molecule has 3 N–H and O–H groups in total. The van der Waals surface area contributed by atoms with Crippen molar-refractivity contribution in [2.45, 2.75) is 45.1 Å². The molecule has 0 radical (unpaired) electrons. The molecule has 29 heavy (non-hydrogen) atoms. The molecule has 1 heterocycles. The number of ether oxygens (including phenoxy) is 1. The molecule has 7 heteroatoms. The number of carbonyl (C=O) groups excluding carboxylic acids is 2. The van der Waals surface area contributed by atoms with Gasteiger partial charge in [-0.3, -0.25) is 14.6 Å². The van der Waals surface area contributed by atoms with Crippen LogP contribution in [0.25, 0.3) is 0 Å².